The number of anilines is 1. The fraction of sp³-hybridized carbons (Fsp3) is 0.158. The summed E-state index contributed by atoms with van der Waals surface area (Å²) in [5.41, 5.74) is 1.52. The van der Waals surface area contributed by atoms with Crippen molar-refractivity contribution < 1.29 is 14.3 Å². The molecule has 0 aliphatic rings. The number of amides is 2. The standard InChI is InChI=1S/C19H19BrN2O3/c1-22(19(24)10-9-14-5-3-6-15(20)11-14)13-18(23)21-16-7-4-8-17(12-16)25-2/h3-12H,13H2,1-2H3,(H,21,23)/b10-9+. The summed E-state index contributed by atoms with van der Waals surface area (Å²) in [6.07, 6.45) is 3.16. The van der Waals surface area contributed by atoms with Gasteiger partial charge < -0.3 is 15.0 Å². The van der Waals surface area contributed by atoms with Gasteiger partial charge >= 0.3 is 0 Å². The monoisotopic (exact) mass is 402 g/mol. The molecule has 0 spiro atoms. The summed E-state index contributed by atoms with van der Waals surface area (Å²) < 4.78 is 6.05. The molecule has 0 saturated heterocycles. The third-order valence-corrected chi connectivity index (χ3v) is 3.87. The molecule has 25 heavy (non-hydrogen) atoms. The number of hydrogen-bond acceptors (Lipinski definition) is 3. The van der Waals surface area contributed by atoms with Crippen LogP contribution in [0, 0.1) is 0 Å². The van der Waals surface area contributed by atoms with E-state index in [1.807, 2.05) is 24.3 Å². The first-order valence-corrected chi connectivity index (χ1v) is 8.40. The van der Waals surface area contributed by atoms with Crippen LogP contribution < -0.4 is 10.1 Å². The Balaban J connectivity index is 1.90. The predicted octanol–water partition coefficient (Wildman–Crippen LogP) is 3.57. The molecular weight excluding hydrogens is 384 g/mol. The van der Waals surface area contributed by atoms with Crippen LogP contribution in [0.2, 0.25) is 0 Å². The van der Waals surface area contributed by atoms with Gasteiger partial charge in [-0.05, 0) is 35.9 Å². The Morgan fingerprint density at radius 1 is 1.20 bits per heavy atom. The van der Waals surface area contributed by atoms with Crippen molar-refractivity contribution in [2.75, 3.05) is 26.0 Å². The van der Waals surface area contributed by atoms with E-state index in [2.05, 4.69) is 21.2 Å². The summed E-state index contributed by atoms with van der Waals surface area (Å²) >= 11 is 3.38. The van der Waals surface area contributed by atoms with Gasteiger partial charge in [-0.25, -0.2) is 0 Å². The summed E-state index contributed by atoms with van der Waals surface area (Å²) in [4.78, 5) is 25.5. The number of rotatable bonds is 6. The van der Waals surface area contributed by atoms with Crippen LogP contribution in [0.4, 0.5) is 5.69 Å². The molecule has 0 unspecified atom stereocenters. The number of nitrogens with zero attached hydrogens (tertiary/aromatic N) is 1. The number of carbonyl (C=O) groups is 2. The predicted molar refractivity (Wildman–Crippen MR) is 102 cm³/mol. The maximum Gasteiger partial charge on any atom is 0.246 e. The van der Waals surface area contributed by atoms with E-state index in [-0.39, 0.29) is 18.4 Å². The van der Waals surface area contributed by atoms with Gasteiger partial charge in [-0.3, -0.25) is 9.59 Å². The lowest BCUT2D eigenvalue weighted by atomic mass is 10.2. The zero-order valence-electron chi connectivity index (χ0n) is 14.0. The summed E-state index contributed by atoms with van der Waals surface area (Å²) in [6.45, 7) is -0.0428. The van der Waals surface area contributed by atoms with Crippen molar-refractivity contribution in [2.24, 2.45) is 0 Å². The fourth-order valence-corrected chi connectivity index (χ4v) is 2.52. The van der Waals surface area contributed by atoms with E-state index in [0.717, 1.165) is 10.0 Å². The maximum absolute atomic E-state index is 12.1. The van der Waals surface area contributed by atoms with Crippen LogP contribution in [-0.2, 0) is 9.59 Å². The number of hydrogen-bond donors (Lipinski definition) is 1. The Bertz CT molecular complexity index is 790. The normalized spacial score (nSPS) is 10.5. The number of likely N-dealkylation sites (N-methyl/N-ethyl adjacent to an activating group) is 1. The van der Waals surface area contributed by atoms with Crippen molar-refractivity contribution in [3.63, 3.8) is 0 Å². The van der Waals surface area contributed by atoms with Crippen molar-refractivity contribution in [1.29, 1.82) is 0 Å². The van der Waals surface area contributed by atoms with Crippen LogP contribution in [0.1, 0.15) is 5.56 Å². The van der Waals surface area contributed by atoms with E-state index >= 15 is 0 Å². The average Bonchev–Trinajstić information content (AvgIpc) is 2.59. The second kappa shape index (κ2) is 9.03. The molecule has 2 amide bonds. The van der Waals surface area contributed by atoms with Gasteiger partial charge in [0.2, 0.25) is 11.8 Å². The maximum atomic E-state index is 12.1. The van der Waals surface area contributed by atoms with Gasteiger partial charge in [0.05, 0.1) is 13.7 Å². The van der Waals surface area contributed by atoms with Crippen LogP contribution >= 0.6 is 15.9 Å². The Morgan fingerprint density at radius 2 is 1.96 bits per heavy atom. The van der Waals surface area contributed by atoms with Crippen LogP contribution in [0.15, 0.2) is 59.1 Å². The molecule has 0 bridgehead atoms. The number of halogens is 1. The highest BCUT2D eigenvalue weighted by atomic mass is 79.9. The van der Waals surface area contributed by atoms with Crippen molar-refractivity contribution in [2.45, 2.75) is 0 Å². The quantitative estimate of drug-likeness (QED) is 0.751. The molecule has 0 saturated carbocycles. The van der Waals surface area contributed by atoms with E-state index in [1.54, 1.807) is 44.5 Å². The minimum absolute atomic E-state index is 0.0428. The molecule has 0 heterocycles. The largest absolute Gasteiger partial charge is 0.497 e. The minimum atomic E-state index is -0.278. The molecule has 130 valence electrons. The molecule has 5 nitrogen and oxygen atoms in total. The topological polar surface area (TPSA) is 58.6 Å². The van der Waals surface area contributed by atoms with Gasteiger partial charge in [-0.1, -0.05) is 34.1 Å². The molecule has 6 heteroatoms. The first kappa shape index (κ1) is 18.7. The number of benzene rings is 2. The fourth-order valence-electron chi connectivity index (χ4n) is 2.10. The number of nitrogens with one attached hydrogen (secondary N) is 1. The van der Waals surface area contributed by atoms with Gasteiger partial charge in [-0.2, -0.15) is 0 Å². The molecule has 2 aromatic rings. The van der Waals surface area contributed by atoms with Crippen molar-refractivity contribution >= 4 is 39.5 Å². The highest BCUT2D eigenvalue weighted by Gasteiger charge is 2.11. The van der Waals surface area contributed by atoms with E-state index in [1.165, 1.54) is 11.0 Å². The second-order valence-electron chi connectivity index (χ2n) is 5.36. The average molecular weight is 403 g/mol. The van der Waals surface area contributed by atoms with Gasteiger partial charge in [-0.15, -0.1) is 0 Å². The zero-order chi connectivity index (χ0) is 18.2. The number of methoxy groups -OCH3 is 1. The summed E-state index contributed by atoms with van der Waals surface area (Å²) in [5, 5.41) is 2.74. The first-order chi connectivity index (χ1) is 12.0. The third-order valence-electron chi connectivity index (χ3n) is 3.38. The van der Waals surface area contributed by atoms with E-state index in [9.17, 15) is 9.59 Å². The Labute approximate surface area is 155 Å². The van der Waals surface area contributed by atoms with Crippen LogP contribution in [0.25, 0.3) is 6.08 Å². The Hall–Kier alpha value is -2.60. The highest BCUT2D eigenvalue weighted by Crippen LogP contribution is 2.16. The molecule has 0 radical (unpaired) electrons. The molecule has 2 rings (SSSR count). The van der Waals surface area contributed by atoms with Gasteiger partial charge in [0, 0.05) is 29.4 Å². The first-order valence-electron chi connectivity index (χ1n) is 7.60. The zero-order valence-corrected chi connectivity index (χ0v) is 15.6. The molecule has 0 atom stereocenters. The lowest BCUT2D eigenvalue weighted by Gasteiger charge is -2.15. The summed E-state index contributed by atoms with van der Waals surface area (Å²) in [6, 6.07) is 14.6. The molecular formula is C19H19BrN2O3. The highest BCUT2D eigenvalue weighted by molar-refractivity contribution is 9.10. The third kappa shape index (κ3) is 6.08. The van der Waals surface area contributed by atoms with Gasteiger partial charge in [0.1, 0.15) is 5.75 Å². The SMILES string of the molecule is COc1cccc(NC(=O)CN(C)C(=O)/C=C/c2cccc(Br)c2)c1. The number of ether oxygens (including phenoxy) is 1. The van der Waals surface area contributed by atoms with Crippen LogP contribution in [0.3, 0.4) is 0 Å². The lowest BCUT2D eigenvalue weighted by molar-refractivity contribution is -0.129. The van der Waals surface area contributed by atoms with Crippen molar-refractivity contribution in [3.05, 3.63) is 64.6 Å². The van der Waals surface area contributed by atoms with Crippen LogP contribution in [0.5, 0.6) is 5.75 Å². The summed E-state index contributed by atoms with van der Waals surface area (Å²) in [5.74, 6) is 0.125. The molecule has 0 fully saturated rings. The van der Waals surface area contributed by atoms with E-state index < -0.39 is 0 Å². The van der Waals surface area contributed by atoms with Gasteiger partial charge in [0.15, 0.2) is 0 Å². The number of carbonyl (C=O) groups excluding carboxylic acids is 2. The summed E-state index contributed by atoms with van der Waals surface area (Å²) in [7, 11) is 3.14. The van der Waals surface area contributed by atoms with Gasteiger partial charge in [0.25, 0.3) is 0 Å². The lowest BCUT2D eigenvalue weighted by Crippen LogP contribution is -2.33. The molecule has 0 aliphatic carbocycles. The van der Waals surface area contributed by atoms with Crippen LogP contribution in [-0.4, -0.2) is 37.4 Å². The molecule has 2 aromatic carbocycles. The van der Waals surface area contributed by atoms with Crippen molar-refractivity contribution in [3.8, 4) is 5.75 Å². The van der Waals surface area contributed by atoms with E-state index in [0.29, 0.717) is 11.4 Å². The Kier molecular flexibility index (Phi) is 6.77. The molecule has 1 N–H and O–H groups in total. The smallest absolute Gasteiger partial charge is 0.246 e. The molecule has 0 aromatic heterocycles. The Morgan fingerprint density at radius 3 is 2.68 bits per heavy atom. The minimum Gasteiger partial charge on any atom is -0.497 e. The molecule has 0 aliphatic heterocycles. The van der Waals surface area contributed by atoms with E-state index in [4.69, 9.17) is 4.74 Å². The second-order valence-corrected chi connectivity index (χ2v) is 6.28. The van der Waals surface area contributed by atoms with Crippen molar-refractivity contribution in [1.82, 2.24) is 4.90 Å².